The molecule has 0 amide bonds. The molecule has 0 atom stereocenters. The van der Waals surface area contributed by atoms with Crippen LogP contribution in [0.4, 0.5) is 13.2 Å². The second-order valence-electron chi connectivity index (χ2n) is 4.04. The Balaban J connectivity index is 3.44. The van der Waals surface area contributed by atoms with Crippen molar-refractivity contribution in [2.45, 2.75) is 32.9 Å². The summed E-state index contributed by atoms with van der Waals surface area (Å²) in [6.45, 7) is 5.22. The molecule has 0 unspecified atom stereocenters. The Kier molecular flexibility index (Phi) is 3.51. The minimum atomic E-state index is -4.33. The minimum absolute atomic E-state index is 0.0381. The molecule has 0 bridgehead atoms. The van der Waals surface area contributed by atoms with Gasteiger partial charge in [0.25, 0.3) is 0 Å². The number of halogens is 3. The van der Waals surface area contributed by atoms with Crippen LogP contribution in [0.15, 0.2) is 12.1 Å². The van der Waals surface area contributed by atoms with Crippen LogP contribution >= 0.6 is 0 Å². The summed E-state index contributed by atoms with van der Waals surface area (Å²) in [7, 11) is 1.37. The monoisotopic (exact) mass is 232 g/mol. The third kappa shape index (κ3) is 2.49. The van der Waals surface area contributed by atoms with Gasteiger partial charge in [-0.25, -0.2) is 0 Å². The van der Waals surface area contributed by atoms with E-state index in [-0.39, 0.29) is 17.2 Å². The van der Waals surface area contributed by atoms with E-state index in [1.54, 1.807) is 6.07 Å². The van der Waals surface area contributed by atoms with E-state index in [1.165, 1.54) is 14.0 Å². The Morgan fingerprint density at radius 2 is 1.75 bits per heavy atom. The Labute approximate surface area is 93.2 Å². The van der Waals surface area contributed by atoms with Crippen molar-refractivity contribution in [2.24, 2.45) is 0 Å². The molecule has 16 heavy (non-hydrogen) atoms. The number of ether oxygens (including phenoxy) is 1. The molecule has 0 spiro atoms. The Morgan fingerprint density at radius 3 is 2.12 bits per heavy atom. The van der Waals surface area contributed by atoms with Crippen LogP contribution in [0.2, 0.25) is 0 Å². The summed E-state index contributed by atoms with van der Waals surface area (Å²) >= 11 is 0. The fourth-order valence-corrected chi connectivity index (χ4v) is 1.72. The molecule has 1 nitrogen and oxygen atoms in total. The van der Waals surface area contributed by atoms with Gasteiger partial charge in [0.15, 0.2) is 0 Å². The number of hydrogen-bond donors (Lipinski definition) is 0. The summed E-state index contributed by atoms with van der Waals surface area (Å²) in [4.78, 5) is 0. The predicted octanol–water partition coefficient (Wildman–Crippen LogP) is 4.15. The molecule has 1 rings (SSSR count). The van der Waals surface area contributed by atoms with Gasteiger partial charge in [-0.1, -0.05) is 13.8 Å². The van der Waals surface area contributed by atoms with Gasteiger partial charge in [-0.2, -0.15) is 13.2 Å². The van der Waals surface area contributed by atoms with E-state index in [0.717, 1.165) is 6.07 Å². The summed E-state index contributed by atoms with van der Waals surface area (Å²) in [6.07, 6.45) is -4.33. The fraction of sp³-hybridized carbons (Fsp3) is 0.500. The quantitative estimate of drug-likeness (QED) is 0.744. The van der Waals surface area contributed by atoms with Gasteiger partial charge >= 0.3 is 6.18 Å². The SMILES string of the molecule is COc1cc(C(C)C)c(C)c(C(F)(F)F)c1. The van der Waals surface area contributed by atoms with E-state index in [1.807, 2.05) is 13.8 Å². The molecule has 0 saturated carbocycles. The molecule has 90 valence electrons. The standard InChI is InChI=1S/C12H15F3O/c1-7(2)10-5-9(16-4)6-11(8(10)3)12(13,14)15/h5-7H,1-4H3. The molecule has 0 heterocycles. The molecule has 0 aliphatic rings. The first-order valence-corrected chi connectivity index (χ1v) is 5.03. The first-order chi connectivity index (χ1) is 7.27. The highest BCUT2D eigenvalue weighted by atomic mass is 19.4. The van der Waals surface area contributed by atoms with Crippen LogP contribution in [0.5, 0.6) is 5.75 Å². The highest BCUT2D eigenvalue weighted by Gasteiger charge is 2.34. The van der Waals surface area contributed by atoms with E-state index in [4.69, 9.17) is 4.74 Å². The van der Waals surface area contributed by atoms with E-state index in [0.29, 0.717) is 5.56 Å². The average molecular weight is 232 g/mol. The Bertz CT molecular complexity index is 381. The van der Waals surface area contributed by atoms with Crippen LogP contribution in [0.1, 0.15) is 36.5 Å². The predicted molar refractivity (Wildman–Crippen MR) is 56.8 cm³/mol. The lowest BCUT2D eigenvalue weighted by Gasteiger charge is -2.18. The first kappa shape index (κ1) is 12.9. The van der Waals surface area contributed by atoms with Gasteiger partial charge in [-0.3, -0.25) is 0 Å². The normalized spacial score (nSPS) is 12.0. The molecular formula is C12H15F3O. The molecule has 0 aromatic heterocycles. The van der Waals surface area contributed by atoms with Crippen LogP contribution in [0.25, 0.3) is 0 Å². The maximum absolute atomic E-state index is 12.8. The molecule has 1 aromatic rings. The molecule has 4 heteroatoms. The van der Waals surface area contributed by atoms with Crippen molar-refractivity contribution in [3.63, 3.8) is 0 Å². The van der Waals surface area contributed by atoms with Gasteiger partial charge in [-0.15, -0.1) is 0 Å². The van der Waals surface area contributed by atoms with Gasteiger partial charge in [0.05, 0.1) is 12.7 Å². The lowest BCUT2D eigenvalue weighted by molar-refractivity contribution is -0.138. The van der Waals surface area contributed by atoms with Crippen molar-refractivity contribution in [2.75, 3.05) is 7.11 Å². The van der Waals surface area contributed by atoms with E-state index in [9.17, 15) is 13.2 Å². The molecule has 0 radical (unpaired) electrons. The van der Waals surface area contributed by atoms with Crippen LogP contribution in [-0.2, 0) is 6.18 Å². The number of alkyl halides is 3. The number of hydrogen-bond acceptors (Lipinski definition) is 1. The zero-order chi connectivity index (χ0) is 12.5. The summed E-state index contributed by atoms with van der Waals surface area (Å²) in [5.41, 5.74) is 0.338. The minimum Gasteiger partial charge on any atom is -0.497 e. The van der Waals surface area contributed by atoms with Crippen LogP contribution in [0, 0.1) is 6.92 Å². The molecule has 0 saturated heterocycles. The maximum Gasteiger partial charge on any atom is 0.416 e. The van der Waals surface area contributed by atoms with Crippen molar-refractivity contribution in [3.05, 3.63) is 28.8 Å². The van der Waals surface area contributed by atoms with E-state index < -0.39 is 11.7 Å². The van der Waals surface area contributed by atoms with Crippen molar-refractivity contribution >= 4 is 0 Å². The summed E-state index contributed by atoms with van der Waals surface area (Å²) in [5, 5.41) is 0. The van der Waals surface area contributed by atoms with Gasteiger partial charge in [-0.05, 0) is 36.1 Å². The van der Waals surface area contributed by atoms with Gasteiger partial charge < -0.3 is 4.74 Å². The smallest absolute Gasteiger partial charge is 0.416 e. The van der Waals surface area contributed by atoms with E-state index in [2.05, 4.69) is 0 Å². The molecule has 0 aliphatic carbocycles. The highest BCUT2D eigenvalue weighted by Crippen LogP contribution is 2.37. The highest BCUT2D eigenvalue weighted by molar-refractivity contribution is 5.44. The molecule has 1 aromatic carbocycles. The second kappa shape index (κ2) is 4.36. The Hall–Kier alpha value is -1.19. The molecule has 0 aliphatic heterocycles. The third-order valence-electron chi connectivity index (χ3n) is 2.58. The van der Waals surface area contributed by atoms with E-state index >= 15 is 0 Å². The van der Waals surface area contributed by atoms with Crippen LogP contribution in [-0.4, -0.2) is 7.11 Å². The van der Waals surface area contributed by atoms with Crippen molar-refractivity contribution in [3.8, 4) is 5.75 Å². The van der Waals surface area contributed by atoms with Gasteiger partial charge in [0, 0.05) is 0 Å². The number of benzene rings is 1. The third-order valence-corrected chi connectivity index (χ3v) is 2.58. The molecule has 0 N–H and O–H groups in total. The fourth-order valence-electron chi connectivity index (χ4n) is 1.72. The van der Waals surface area contributed by atoms with Crippen molar-refractivity contribution in [1.82, 2.24) is 0 Å². The van der Waals surface area contributed by atoms with Crippen molar-refractivity contribution < 1.29 is 17.9 Å². The summed E-state index contributed by atoms with van der Waals surface area (Å²) in [5.74, 6) is 0.290. The largest absolute Gasteiger partial charge is 0.497 e. The number of rotatable bonds is 2. The van der Waals surface area contributed by atoms with Crippen LogP contribution in [0.3, 0.4) is 0 Å². The lowest BCUT2D eigenvalue weighted by atomic mass is 9.93. The maximum atomic E-state index is 12.8. The summed E-state index contributed by atoms with van der Waals surface area (Å²) in [6, 6.07) is 2.70. The first-order valence-electron chi connectivity index (χ1n) is 5.03. The second-order valence-corrected chi connectivity index (χ2v) is 4.04. The zero-order valence-electron chi connectivity index (χ0n) is 9.77. The molecular weight excluding hydrogens is 217 g/mol. The summed E-state index contributed by atoms with van der Waals surface area (Å²) < 4.78 is 43.2. The van der Waals surface area contributed by atoms with Crippen molar-refractivity contribution in [1.29, 1.82) is 0 Å². The topological polar surface area (TPSA) is 9.23 Å². The average Bonchev–Trinajstić information content (AvgIpc) is 2.15. The number of methoxy groups -OCH3 is 1. The zero-order valence-corrected chi connectivity index (χ0v) is 9.77. The lowest BCUT2D eigenvalue weighted by Crippen LogP contribution is -2.10. The molecule has 0 fully saturated rings. The Morgan fingerprint density at radius 1 is 1.19 bits per heavy atom. The van der Waals surface area contributed by atoms with Gasteiger partial charge in [0.2, 0.25) is 0 Å². The van der Waals surface area contributed by atoms with Gasteiger partial charge in [0.1, 0.15) is 5.75 Å². The van der Waals surface area contributed by atoms with Crippen LogP contribution < -0.4 is 4.74 Å².